The van der Waals surface area contributed by atoms with Crippen molar-refractivity contribution in [2.45, 2.75) is 57.5 Å². The fourth-order valence-corrected chi connectivity index (χ4v) is 5.54. The summed E-state index contributed by atoms with van der Waals surface area (Å²) >= 11 is 0. The number of aliphatic hydroxyl groups excluding tert-OH is 1. The molecule has 2 saturated carbocycles. The van der Waals surface area contributed by atoms with Gasteiger partial charge in [0, 0.05) is 0 Å². The quantitative estimate of drug-likeness (QED) is 0.757. The van der Waals surface area contributed by atoms with E-state index in [-0.39, 0.29) is 11.5 Å². The van der Waals surface area contributed by atoms with E-state index < -0.39 is 0 Å². The molecule has 0 bridgehead atoms. The Morgan fingerprint density at radius 1 is 1.15 bits per heavy atom. The molecule has 0 saturated heterocycles. The number of aromatic hydroxyl groups is 1. The summed E-state index contributed by atoms with van der Waals surface area (Å²) in [7, 11) is 0. The molecule has 0 heterocycles. The van der Waals surface area contributed by atoms with Gasteiger partial charge in [0.1, 0.15) is 5.75 Å². The largest absolute Gasteiger partial charge is 0.508 e. The molecule has 3 aliphatic rings. The summed E-state index contributed by atoms with van der Waals surface area (Å²) in [6.07, 6.45) is 6.78. The number of aryl methyl sites for hydroxylation is 1. The Morgan fingerprint density at radius 2 is 2.00 bits per heavy atom. The van der Waals surface area contributed by atoms with Gasteiger partial charge < -0.3 is 10.2 Å². The van der Waals surface area contributed by atoms with Gasteiger partial charge in [0.2, 0.25) is 0 Å². The molecule has 0 aromatic heterocycles. The maximum atomic E-state index is 10.4. The average molecular weight is 272 g/mol. The van der Waals surface area contributed by atoms with Crippen molar-refractivity contribution in [2.24, 2.45) is 17.3 Å². The minimum absolute atomic E-state index is 0.0883. The van der Waals surface area contributed by atoms with Crippen molar-refractivity contribution in [1.82, 2.24) is 0 Å². The molecule has 2 N–H and O–H groups in total. The predicted molar refractivity (Wildman–Crippen MR) is 78.7 cm³/mol. The molecule has 2 fully saturated rings. The van der Waals surface area contributed by atoms with Crippen molar-refractivity contribution >= 4 is 0 Å². The summed E-state index contributed by atoms with van der Waals surface area (Å²) in [6, 6.07) is 5.96. The molecule has 2 nitrogen and oxygen atoms in total. The third-order valence-corrected chi connectivity index (χ3v) is 6.66. The zero-order valence-electron chi connectivity index (χ0n) is 12.2. The molecule has 20 heavy (non-hydrogen) atoms. The molecule has 4 rings (SSSR count). The highest BCUT2D eigenvalue weighted by atomic mass is 16.3. The van der Waals surface area contributed by atoms with Gasteiger partial charge in [-0.05, 0) is 85.0 Å². The molecule has 0 spiro atoms. The van der Waals surface area contributed by atoms with E-state index in [0.717, 1.165) is 25.2 Å². The van der Waals surface area contributed by atoms with Crippen LogP contribution in [0.15, 0.2) is 18.2 Å². The Bertz CT molecular complexity index is 538. The van der Waals surface area contributed by atoms with E-state index in [1.807, 2.05) is 12.1 Å². The van der Waals surface area contributed by atoms with Crippen LogP contribution in [0.1, 0.15) is 56.1 Å². The standard InChI is InChI=1S/C18H24O2/c1-18-9-8-14-13-5-3-12(19)10-11(13)2-4-15(14)16(18)6-7-17(18)20/h3,5,10,14-17,19-20H,2,4,6-9H2,1H3/t14-,15+,16-,17+,18+/m0/s1. The minimum atomic E-state index is -0.0883. The van der Waals surface area contributed by atoms with Gasteiger partial charge in [-0.25, -0.2) is 0 Å². The lowest BCUT2D eigenvalue weighted by atomic mass is 9.55. The fourth-order valence-electron chi connectivity index (χ4n) is 5.54. The van der Waals surface area contributed by atoms with E-state index in [1.165, 1.54) is 30.4 Å². The molecule has 3 aliphatic carbocycles. The van der Waals surface area contributed by atoms with Crippen LogP contribution in [0.2, 0.25) is 0 Å². The van der Waals surface area contributed by atoms with Crippen LogP contribution < -0.4 is 0 Å². The van der Waals surface area contributed by atoms with Crippen molar-refractivity contribution in [1.29, 1.82) is 0 Å². The molecule has 108 valence electrons. The summed E-state index contributed by atoms with van der Waals surface area (Å²) in [5, 5.41) is 20.0. The summed E-state index contributed by atoms with van der Waals surface area (Å²) in [6.45, 7) is 2.32. The molecular weight excluding hydrogens is 248 g/mol. The first-order chi connectivity index (χ1) is 9.59. The second-order valence-corrected chi connectivity index (χ2v) is 7.44. The third-order valence-electron chi connectivity index (χ3n) is 6.66. The predicted octanol–water partition coefficient (Wildman–Crippen LogP) is 3.61. The van der Waals surface area contributed by atoms with Gasteiger partial charge in [-0.2, -0.15) is 0 Å². The molecule has 0 radical (unpaired) electrons. The van der Waals surface area contributed by atoms with E-state index >= 15 is 0 Å². The Morgan fingerprint density at radius 3 is 2.85 bits per heavy atom. The monoisotopic (exact) mass is 272 g/mol. The molecule has 2 heteroatoms. The van der Waals surface area contributed by atoms with Gasteiger partial charge in [0.25, 0.3) is 0 Å². The summed E-state index contributed by atoms with van der Waals surface area (Å²) in [4.78, 5) is 0. The van der Waals surface area contributed by atoms with Crippen LogP contribution >= 0.6 is 0 Å². The van der Waals surface area contributed by atoms with Crippen LogP contribution in [0.25, 0.3) is 0 Å². The van der Waals surface area contributed by atoms with Crippen LogP contribution in [0.4, 0.5) is 0 Å². The van der Waals surface area contributed by atoms with Gasteiger partial charge in [0.05, 0.1) is 6.10 Å². The number of benzene rings is 1. The smallest absolute Gasteiger partial charge is 0.115 e. The number of aliphatic hydroxyl groups is 1. The molecule has 0 amide bonds. The Labute approximate surface area is 120 Å². The normalized spacial score (nSPS) is 42.7. The zero-order chi connectivity index (χ0) is 13.9. The molecule has 5 atom stereocenters. The van der Waals surface area contributed by atoms with E-state index in [9.17, 15) is 10.2 Å². The fraction of sp³-hybridized carbons (Fsp3) is 0.667. The number of hydrogen-bond acceptors (Lipinski definition) is 2. The van der Waals surface area contributed by atoms with E-state index in [4.69, 9.17) is 0 Å². The first-order valence-electron chi connectivity index (χ1n) is 8.09. The molecule has 1 aromatic rings. The van der Waals surface area contributed by atoms with Crippen molar-refractivity contribution in [3.05, 3.63) is 29.3 Å². The number of rotatable bonds is 0. The highest BCUT2D eigenvalue weighted by Crippen LogP contribution is 2.60. The lowest BCUT2D eigenvalue weighted by molar-refractivity contribution is -0.0226. The Hall–Kier alpha value is -1.02. The van der Waals surface area contributed by atoms with Crippen LogP contribution in [0, 0.1) is 17.3 Å². The van der Waals surface area contributed by atoms with Crippen molar-refractivity contribution in [3.63, 3.8) is 0 Å². The summed E-state index contributed by atoms with van der Waals surface area (Å²) < 4.78 is 0. The first kappa shape index (κ1) is 12.7. The van der Waals surface area contributed by atoms with E-state index in [1.54, 1.807) is 0 Å². The van der Waals surface area contributed by atoms with E-state index in [2.05, 4.69) is 13.0 Å². The van der Waals surface area contributed by atoms with Gasteiger partial charge in [-0.15, -0.1) is 0 Å². The lowest BCUT2D eigenvalue weighted by Gasteiger charge is -2.50. The highest BCUT2D eigenvalue weighted by molar-refractivity contribution is 5.40. The SMILES string of the molecule is C[C@@]12CC[C@H]3c4ccc(O)cc4CC[C@H]3[C@@H]1CC[C@H]2O. The van der Waals surface area contributed by atoms with Crippen LogP contribution in [-0.2, 0) is 6.42 Å². The maximum absolute atomic E-state index is 10.4. The summed E-state index contributed by atoms with van der Waals surface area (Å²) in [5.74, 6) is 2.49. The average Bonchev–Trinajstić information content (AvgIpc) is 2.74. The number of phenolic OH excluding ortho intramolecular Hbond substituents is 1. The second-order valence-electron chi connectivity index (χ2n) is 7.44. The lowest BCUT2D eigenvalue weighted by Crippen LogP contribution is -2.43. The van der Waals surface area contributed by atoms with Crippen molar-refractivity contribution in [3.8, 4) is 5.75 Å². The van der Waals surface area contributed by atoms with Crippen molar-refractivity contribution in [2.75, 3.05) is 0 Å². The van der Waals surface area contributed by atoms with Gasteiger partial charge in [0.15, 0.2) is 0 Å². The number of hydrogen-bond donors (Lipinski definition) is 2. The third kappa shape index (κ3) is 1.60. The van der Waals surface area contributed by atoms with Crippen molar-refractivity contribution < 1.29 is 10.2 Å². The van der Waals surface area contributed by atoms with Crippen LogP contribution in [0.5, 0.6) is 5.75 Å². The Balaban J connectivity index is 1.71. The number of fused-ring (bicyclic) bond motifs is 5. The second kappa shape index (κ2) is 4.24. The zero-order valence-corrected chi connectivity index (χ0v) is 12.2. The topological polar surface area (TPSA) is 40.5 Å². The molecule has 0 unspecified atom stereocenters. The first-order valence-corrected chi connectivity index (χ1v) is 8.09. The Kier molecular flexibility index (Phi) is 2.69. The maximum Gasteiger partial charge on any atom is 0.115 e. The molecule has 0 aliphatic heterocycles. The van der Waals surface area contributed by atoms with Crippen LogP contribution in [-0.4, -0.2) is 16.3 Å². The van der Waals surface area contributed by atoms with Gasteiger partial charge in [-0.1, -0.05) is 13.0 Å². The minimum Gasteiger partial charge on any atom is -0.508 e. The highest BCUT2D eigenvalue weighted by Gasteiger charge is 2.54. The van der Waals surface area contributed by atoms with Gasteiger partial charge in [-0.3, -0.25) is 0 Å². The van der Waals surface area contributed by atoms with Crippen LogP contribution in [0.3, 0.4) is 0 Å². The summed E-state index contributed by atoms with van der Waals surface area (Å²) in [5.41, 5.74) is 2.99. The molecule has 1 aromatic carbocycles. The molecular formula is C18H24O2. The number of phenols is 1. The van der Waals surface area contributed by atoms with E-state index in [0.29, 0.717) is 17.6 Å². The van der Waals surface area contributed by atoms with Gasteiger partial charge >= 0.3 is 0 Å².